The van der Waals surface area contributed by atoms with Crippen molar-refractivity contribution in [1.82, 2.24) is 24.9 Å². The quantitative estimate of drug-likeness (QED) is 0.0685. The number of aliphatic hydroxyl groups is 1. The molecule has 0 spiro atoms. The van der Waals surface area contributed by atoms with Crippen molar-refractivity contribution in [2.24, 2.45) is 5.92 Å². The maximum absolute atomic E-state index is 14.1. The average Bonchev–Trinajstić information content (AvgIpc) is 3.47. The number of hydrogen-bond acceptors (Lipinski definition) is 13. The zero-order chi connectivity index (χ0) is 42.5. The minimum absolute atomic E-state index is 0.00584. The highest BCUT2D eigenvalue weighted by molar-refractivity contribution is 7.90. The molecule has 59 heavy (non-hydrogen) atoms. The van der Waals surface area contributed by atoms with Crippen molar-refractivity contribution in [2.45, 2.75) is 87.9 Å². The van der Waals surface area contributed by atoms with Gasteiger partial charge in [-0.2, -0.15) is 0 Å². The number of aromatic nitrogens is 2. The van der Waals surface area contributed by atoms with Crippen LogP contribution in [0.2, 0.25) is 0 Å². The Hall–Kier alpha value is -5.59. The van der Waals surface area contributed by atoms with Gasteiger partial charge >= 0.3 is 0 Å². The summed E-state index contributed by atoms with van der Waals surface area (Å²) < 4.78 is 41.4. The van der Waals surface area contributed by atoms with Crippen LogP contribution in [0, 0.1) is 5.92 Å². The zero-order valence-corrected chi connectivity index (χ0v) is 35.0. The lowest BCUT2D eigenvalue weighted by molar-refractivity contribution is -0.141. The van der Waals surface area contributed by atoms with Gasteiger partial charge in [0.1, 0.15) is 46.4 Å². The fraction of sp³-hybridized carbons (Fsp3) is 0.415. The lowest BCUT2D eigenvalue weighted by Crippen LogP contribution is -2.56. The van der Waals surface area contributed by atoms with Crippen LogP contribution in [0.15, 0.2) is 71.5 Å². The molecule has 5 N–H and O–H groups in total. The van der Waals surface area contributed by atoms with E-state index in [0.29, 0.717) is 40.2 Å². The fourth-order valence-electron chi connectivity index (χ4n) is 7.07. The molecule has 0 unspecified atom stereocenters. The van der Waals surface area contributed by atoms with Crippen molar-refractivity contribution in [3.63, 3.8) is 0 Å². The molecule has 2 aliphatic rings. The first-order chi connectivity index (χ1) is 28.2. The van der Waals surface area contributed by atoms with Gasteiger partial charge in [-0.15, -0.1) is 17.9 Å². The predicted octanol–water partition coefficient (Wildman–Crippen LogP) is 4.61. The monoisotopic (exact) mass is 847 g/mol. The van der Waals surface area contributed by atoms with Crippen LogP contribution >= 0.6 is 11.3 Å². The molecule has 4 aromatic rings. The van der Waals surface area contributed by atoms with E-state index >= 15 is 0 Å². The van der Waals surface area contributed by atoms with Gasteiger partial charge in [0.2, 0.25) is 17.7 Å². The highest BCUT2D eigenvalue weighted by Crippen LogP contribution is 2.45. The molecule has 4 atom stereocenters. The Morgan fingerprint density at radius 1 is 1.10 bits per heavy atom. The lowest BCUT2D eigenvalue weighted by Gasteiger charge is -2.26. The van der Waals surface area contributed by atoms with Gasteiger partial charge in [0.25, 0.3) is 15.9 Å². The van der Waals surface area contributed by atoms with Crippen LogP contribution in [0.4, 0.5) is 10.8 Å². The minimum atomic E-state index is -4.55. The topological polar surface area (TPSA) is 218 Å². The summed E-state index contributed by atoms with van der Waals surface area (Å²) in [5, 5.41) is 21.8. The van der Waals surface area contributed by atoms with E-state index in [1.807, 2.05) is 26.2 Å². The number of methoxy groups -OCH3 is 1. The first-order valence-corrected chi connectivity index (χ1v) is 21.8. The second-order valence-corrected chi connectivity index (χ2v) is 17.4. The number of thiazole rings is 1. The number of hydrogen-bond donors (Lipinski definition) is 5. The summed E-state index contributed by atoms with van der Waals surface area (Å²) in [5.41, 5.74) is -0.0120. The summed E-state index contributed by atoms with van der Waals surface area (Å²) in [6.45, 7) is 8.82. The van der Waals surface area contributed by atoms with Gasteiger partial charge in [-0.05, 0) is 51.0 Å². The van der Waals surface area contributed by atoms with Gasteiger partial charge < -0.3 is 35.4 Å². The highest BCUT2D eigenvalue weighted by Gasteiger charge is 2.61. The summed E-state index contributed by atoms with van der Waals surface area (Å²) in [4.78, 5) is 64.1. The first-order valence-electron chi connectivity index (χ1n) is 19.4. The second-order valence-electron chi connectivity index (χ2n) is 14.9. The van der Waals surface area contributed by atoms with Crippen molar-refractivity contribution < 1.29 is 42.2 Å². The minimum Gasteiger partial charge on any atom is -0.497 e. The van der Waals surface area contributed by atoms with Crippen molar-refractivity contribution in [2.75, 3.05) is 30.9 Å². The molecular formula is C41H49N7O9S2. The number of carbonyl (C=O) groups is 4. The molecule has 314 valence electrons. The molecular weight excluding hydrogens is 799 g/mol. The van der Waals surface area contributed by atoms with Gasteiger partial charge in [-0.25, -0.2) is 23.1 Å². The maximum atomic E-state index is 14.1. The molecule has 0 bridgehead atoms. The molecule has 1 saturated carbocycles. The molecule has 1 saturated heterocycles. The Morgan fingerprint density at radius 3 is 2.58 bits per heavy atom. The molecule has 18 heteroatoms. The molecule has 2 fully saturated rings. The Morgan fingerprint density at radius 2 is 1.88 bits per heavy atom. The Bertz CT molecular complexity index is 2350. The number of anilines is 2. The highest BCUT2D eigenvalue weighted by atomic mass is 32.2. The van der Waals surface area contributed by atoms with Gasteiger partial charge in [0, 0.05) is 47.7 Å². The number of likely N-dealkylation sites (tertiary alicyclic amines) is 1. The second kappa shape index (κ2) is 18.1. The van der Waals surface area contributed by atoms with Crippen LogP contribution < -0.4 is 30.1 Å². The van der Waals surface area contributed by atoms with Crippen LogP contribution in [0.5, 0.6) is 11.5 Å². The standard InChI is InChI=1S/C41H49N7O9S2/c1-6-8-9-14-36(50)44-29-12-10-11-13-35(29)59(54,55)47-39(53)41(20-25(41)7-2)46-38(52)33-18-27(21-48(33)37(51)22-49)57-34-19-31(32-23-58-40(45-32)42-24(3)4)43-30-17-26(56-5)15-16-28(30)34/h7,10-13,15-17,19,23-25,27,33,49H,2,6,8-9,14,18,20-22H2,1,3-5H3,(H,42,45)(H,44,50)(H,46,52)(H,47,53)/t25-,27-,33+,41-/m1/s1. The number of sulfonamides is 1. The maximum Gasteiger partial charge on any atom is 0.266 e. The molecule has 2 aromatic carbocycles. The lowest BCUT2D eigenvalue weighted by atomic mass is 10.1. The van der Waals surface area contributed by atoms with Gasteiger partial charge in [-0.3, -0.25) is 19.2 Å². The number of aliphatic hydroxyl groups excluding tert-OH is 1. The number of fused-ring (bicyclic) bond motifs is 1. The van der Waals surface area contributed by atoms with Crippen LogP contribution in [-0.2, 0) is 29.2 Å². The molecule has 1 aliphatic carbocycles. The SMILES string of the molecule is C=C[C@@H]1C[C@]1(NC(=O)[C@@H]1C[C@@H](Oc2cc(-c3csc(NC(C)C)n3)nc3cc(OC)ccc23)CN1C(=O)CO)C(=O)NS(=O)(=O)c1ccccc1NC(=O)CCCCC. The third-order valence-corrected chi connectivity index (χ3v) is 12.4. The summed E-state index contributed by atoms with van der Waals surface area (Å²) in [6.07, 6.45) is 3.30. The van der Waals surface area contributed by atoms with Gasteiger partial charge in [-0.1, -0.05) is 38.0 Å². The summed E-state index contributed by atoms with van der Waals surface area (Å²) in [5.74, 6) is -2.50. The Kier molecular flexibility index (Phi) is 13.2. The number of carbonyl (C=O) groups excluding carboxylic acids is 4. The number of nitrogens with zero attached hydrogens (tertiary/aromatic N) is 3. The summed E-state index contributed by atoms with van der Waals surface area (Å²) >= 11 is 1.43. The number of ether oxygens (including phenoxy) is 2. The molecule has 6 rings (SSSR count). The molecule has 16 nitrogen and oxygen atoms in total. The van der Waals surface area contributed by atoms with E-state index in [2.05, 4.69) is 32.2 Å². The van der Waals surface area contributed by atoms with Crippen molar-refractivity contribution >= 4 is 66.7 Å². The predicted molar refractivity (Wildman–Crippen MR) is 224 cm³/mol. The van der Waals surface area contributed by atoms with E-state index < -0.39 is 58.0 Å². The van der Waals surface area contributed by atoms with Crippen LogP contribution in [0.1, 0.15) is 59.3 Å². The number of benzene rings is 2. The van der Waals surface area contributed by atoms with Crippen LogP contribution in [0.3, 0.4) is 0 Å². The van der Waals surface area contributed by atoms with Crippen molar-refractivity contribution in [3.05, 3.63) is 66.6 Å². The van der Waals surface area contributed by atoms with Crippen molar-refractivity contribution in [1.29, 1.82) is 0 Å². The number of pyridine rings is 1. The summed E-state index contributed by atoms with van der Waals surface area (Å²) in [7, 11) is -3.00. The first kappa shape index (κ1) is 43.0. The van der Waals surface area contributed by atoms with Crippen molar-refractivity contribution in [3.8, 4) is 22.9 Å². The van der Waals surface area contributed by atoms with E-state index in [1.165, 1.54) is 40.5 Å². The third-order valence-electron chi connectivity index (χ3n) is 10.2. The molecule has 4 amide bonds. The number of nitrogens with one attached hydrogen (secondary N) is 4. The largest absolute Gasteiger partial charge is 0.497 e. The van der Waals surface area contributed by atoms with Gasteiger partial charge in [0.15, 0.2) is 5.13 Å². The van der Waals surface area contributed by atoms with E-state index in [1.54, 1.807) is 37.4 Å². The third kappa shape index (κ3) is 9.66. The smallest absolute Gasteiger partial charge is 0.266 e. The van der Waals surface area contributed by atoms with Gasteiger partial charge in [0.05, 0.1) is 30.6 Å². The molecule has 0 radical (unpaired) electrons. The Labute approximate surface area is 346 Å². The van der Waals surface area contributed by atoms with E-state index in [0.717, 1.165) is 18.0 Å². The fourth-order valence-corrected chi connectivity index (χ4v) is 9.13. The van der Waals surface area contributed by atoms with E-state index in [9.17, 15) is 32.7 Å². The average molecular weight is 848 g/mol. The molecule has 1 aliphatic heterocycles. The zero-order valence-electron chi connectivity index (χ0n) is 33.3. The van der Waals surface area contributed by atoms with Crippen LogP contribution in [0.25, 0.3) is 22.3 Å². The van der Waals surface area contributed by atoms with Crippen LogP contribution in [-0.4, -0.2) is 96.0 Å². The molecule has 3 heterocycles. The summed E-state index contributed by atoms with van der Waals surface area (Å²) in [6, 6.07) is 11.8. The van der Waals surface area contributed by atoms with E-state index in [-0.39, 0.29) is 48.3 Å². The molecule has 2 aromatic heterocycles. The number of para-hydroxylation sites is 1. The van der Waals surface area contributed by atoms with E-state index in [4.69, 9.17) is 14.5 Å². The number of amides is 4. The Balaban J connectivity index is 1.22. The normalized spacial score (nSPS) is 19.9. The number of unbranched alkanes of at least 4 members (excludes halogenated alkanes) is 2. The number of rotatable bonds is 18.